The van der Waals surface area contributed by atoms with E-state index in [4.69, 9.17) is 4.74 Å². The molecule has 0 fully saturated rings. The maximum absolute atomic E-state index is 9.43. The fourth-order valence-electron chi connectivity index (χ4n) is 1.77. The molecule has 0 unspecified atom stereocenters. The molecule has 2 heterocycles. The Balaban J connectivity index is 2.19. The fourth-order valence-corrected chi connectivity index (χ4v) is 1.77. The highest BCUT2D eigenvalue weighted by atomic mass is 16.5. The van der Waals surface area contributed by atoms with Crippen LogP contribution in [0.3, 0.4) is 0 Å². The largest absolute Gasteiger partial charge is 0.508 e. The first-order valence-corrected chi connectivity index (χ1v) is 5.30. The number of phenols is 1. The summed E-state index contributed by atoms with van der Waals surface area (Å²) in [5.41, 5.74) is 2.16. The van der Waals surface area contributed by atoms with E-state index >= 15 is 0 Å². The zero-order valence-electron chi connectivity index (χ0n) is 9.61. The third kappa shape index (κ3) is 1.64. The highest BCUT2D eigenvalue weighted by Crippen LogP contribution is 2.32. The third-order valence-corrected chi connectivity index (χ3v) is 2.61. The molecule has 18 heavy (non-hydrogen) atoms. The first-order chi connectivity index (χ1) is 8.78. The van der Waals surface area contributed by atoms with Crippen LogP contribution in [0.4, 0.5) is 0 Å². The van der Waals surface area contributed by atoms with E-state index in [1.54, 1.807) is 42.2 Å². The number of hydrogen-bond acceptors (Lipinski definition) is 5. The summed E-state index contributed by atoms with van der Waals surface area (Å²) in [6.45, 7) is 0. The zero-order chi connectivity index (χ0) is 12.5. The molecular weight excluding hydrogens is 232 g/mol. The van der Waals surface area contributed by atoms with Crippen LogP contribution in [0.25, 0.3) is 16.9 Å². The second-order valence-electron chi connectivity index (χ2n) is 3.72. The molecule has 0 aliphatic carbocycles. The molecule has 0 saturated carbocycles. The van der Waals surface area contributed by atoms with E-state index in [1.807, 2.05) is 0 Å². The number of ether oxygens (including phenoxy) is 1. The summed E-state index contributed by atoms with van der Waals surface area (Å²) in [6.07, 6.45) is 4.86. The molecule has 0 amide bonds. The van der Waals surface area contributed by atoms with Crippen molar-refractivity contribution >= 4 is 5.65 Å². The fraction of sp³-hybridized carbons (Fsp3) is 0.0833. The Labute approximate surface area is 103 Å². The smallest absolute Gasteiger partial charge is 0.172 e. The second-order valence-corrected chi connectivity index (χ2v) is 3.72. The summed E-state index contributed by atoms with van der Waals surface area (Å²) in [7, 11) is 1.55. The molecular formula is C12H10N4O2. The van der Waals surface area contributed by atoms with Crippen LogP contribution in [0, 0.1) is 0 Å². The van der Waals surface area contributed by atoms with Crippen molar-refractivity contribution in [2.24, 2.45) is 0 Å². The quantitative estimate of drug-likeness (QED) is 0.737. The van der Waals surface area contributed by atoms with Gasteiger partial charge in [0.2, 0.25) is 0 Å². The van der Waals surface area contributed by atoms with E-state index in [1.165, 1.54) is 6.33 Å². The summed E-state index contributed by atoms with van der Waals surface area (Å²) in [6, 6.07) is 4.89. The van der Waals surface area contributed by atoms with Crippen molar-refractivity contribution in [1.82, 2.24) is 19.6 Å². The first-order valence-electron chi connectivity index (χ1n) is 5.30. The lowest BCUT2D eigenvalue weighted by Gasteiger charge is -2.05. The summed E-state index contributed by atoms with van der Waals surface area (Å²) in [5, 5.41) is 13.5. The van der Waals surface area contributed by atoms with E-state index in [9.17, 15) is 5.11 Å². The molecule has 90 valence electrons. The van der Waals surface area contributed by atoms with Crippen LogP contribution in [0.2, 0.25) is 0 Å². The highest BCUT2D eigenvalue weighted by Gasteiger charge is 2.11. The molecule has 0 aliphatic rings. The normalized spacial score (nSPS) is 10.7. The minimum Gasteiger partial charge on any atom is -0.508 e. The summed E-state index contributed by atoms with van der Waals surface area (Å²) in [4.78, 5) is 8.31. The number of nitrogens with zero attached hydrogens (tertiary/aromatic N) is 4. The van der Waals surface area contributed by atoms with E-state index < -0.39 is 0 Å². The van der Waals surface area contributed by atoms with Crippen molar-refractivity contribution in [3.8, 4) is 22.8 Å². The molecule has 6 heteroatoms. The number of aromatic nitrogens is 4. The van der Waals surface area contributed by atoms with Crippen LogP contribution in [-0.4, -0.2) is 31.8 Å². The lowest BCUT2D eigenvalue weighted by atomic mass is 10.1. The number of rotatable bonds is 2. The van der Waals surface area contributed by atoms with Gasteiger partial charge in [-0.2, -0.15) is 5.10 Å². The van der Waals surface area contributed by atoms with Gasteiger partial charge in [-0.3, -0.25) is 0 Å². The van der Waals surface area contributed by atoms with Crippen LogP contribution in [0.1, 0.15) is 0 Å². The van der Waals surface area contributed by atoms with Gasteiger partial charge in [-0.15, -0.1) is 0 Å². The maximum Gasteiger partial charge on any atom is 0.172 e. The minimum atomic E-state index is 0.152. The Morgan fingerprint density at radius 1 is 1.33 bits per heavy atom. The van der Waals surface area contributed by atoms with Crippen LogP contribution < -0.4 is 4.74 Å². The van der Waals surface area contributed by atoms with Gasteiger partial charge in [0.25, 0.3) is 0 Å². The number of fused-ring (bicyclic) bond motifs is 1. The number of hydrogen-bond donors (Lipinski definition) is 1. The predicted molar refractivity (Wildman–Crippen MR) is 64.4 cm³/mol. The standard InChI is InChI=1S/C12H10N4O2/c1-18-11-4-8(17)2-3-9(11)10-6-16-12(15-10)5-13-7-14-16/h2-7,17H,1H3. The predicted octanol–water partition coefficient (Wildman–Crippen LogP) is 1.51. The summed E-state index contributed by atoms with van der Waals surface area (Å²) >= 11 is 0. The Morgan fingerprint density at radius 3 is 3.00 bits per heavy atom. The van der Waals surface area contributed by atoms with Gasteiger partial charge < -0.3 is 9.84 Å². The van der Waals surface area contributed by atoms with E-state index in [2.05, 4.69) is 15.1 Å². The molecule has 3 aromatic rings. The van der Waals surface area contributed by atoms with Crippen molar-refractivity contribution in [2.45, 2.75) is 0 Å². The van der Waals surface area contributed by atoms with Crippen molar-refractivity contribution in [1.29, 1.82) is 0 Å². The molecule has 6 nitrogen and oxygen atoms in total. The lowest BCUT2D eigenvalue weighted by Crippen LogP contribution is -1.88. The molecule has 0 atom stereocenters. The van der Waals surface area contributed by atoms with E-state index in [-0.39, 0.29) is 5.75 Å². The SMILES string of the molecule is COc1cc(O)ccc1-c1cn2ncncc2n1. The van der Waals surface area contributed by atoms with Crippen LogP contribution in [-0.2, 0) is 0 Å². The zero-order valence-corrected chi connectivity index (χ0v) is 9.61. The number of aromatic hydroxyl groups is 1. The summed E-state index contributed by atoms with van der Waals surface area (Å²) < 4.78 is 6.86. The second kappa shape index (κ2) is 3.99. The minimum absolute atomic E-state index is 0.152. The molecule has 0 radical (unpaired) electrons. The Bertz CT molecular complexity index is 675. The van der Waals surface area contributed by atoms with Crippen LogP contribution >= 0.6 is 0 Å². The average molecular weight is 242 g/mol. The van der Waals surface area contributed by atoms with Gasteiger partial charge in [0.05, 0.1) is 25.2 Å². The van der Waals surface area contributed by atoms with Gasteiger partial charge in [0.15, 0.2) is 5.65 Å². The van der Waals surface area contributed by atoms with Crippen molar-refractivity contribution in [2.75, 3.05) is 7.11 Å². The van der Waals surface area contributed by atoms with Gasteiger partial charge in [-0.25, -0.2) is 14.5 Å². The molecule has 0 bridgehead atoms. The Morgan fingerprint density at radius 2 is 2.22 bits per heavy atom. The average Bonchev–Trinajstić information content (AvgIpc) is 2.82. The van der Waals surface area contributed by atoms with Crippen LogP contribution in [0.15, 0.2) is 36.9 Å². The van der Waals surface area contributed by atoms with Gasteiger partial charge in [-0.1, -0.05) is 0 Å². The number of methoxy groups -OCH3 is 1. The van der Waals surface area contributed by atoms with Crippen LogP contribution in [0.5, 0.6) is 11.5 Å². The molecule has 0 aliphatic heterocycles. The lowest BCUT2D eigenvalue weighted by molar-refractivity contribution is 0.409. The van der Waals surface area contributed by atoms with E-state index in [0.717, 1.165) is 5.56 Å². The number of phenolic OH excluding ortho intramolecular Hbond substituents is 1. The number of benzene rings is 1. The van der Waals surface area contributed by atoms with Crippen molar-refractivity contribution in [3.63, 3.8) is 0 Å². The molecule has 0 saturated heterocycles. The Kier molecular flexibility index (Phi) is 2.33. The first kappa shape index (κ1) is 10.5. The van der Waals surface area contributed by atoms with E-state index in [0.29, 0.717) is 17.1 Å². The molecule has 1 aromatic carbocycles. The van der Waals surface area contributed by atoms with Crippen molar-refractivity contribution < 1.29 is 9.84 Å². The topological polar surface area (TPSA) is 72.5 Å². The summed E-state index contributed by atoms with van der Waals surface area (Å²) in [5.74, 6) is 0.713. The van der Waals surface area contributed by atoms with Gasteiger partial charge in [0.1, 0.15) is 17.8 Å². The number of imidazole rings is 1. The molecule has 0 spiro atoms. The van der Waals surface area contributed by atoms with Gasteiger partial charge in [0, 0.05) is 11.6 Å². The molecule has 2 aromatic heterocycles. The van der Waals surface area contributed by atoms with Crippen molar-refractivity contribution in [3.05, 3.63) is 36.9 Å². The monoisotopic (exact) mass is 242 g/mol. The van der Waals surface area contributed by atoms with Gasteiger partial charge >= 0.3 is 0 Å². The highest BCUT2D eigenvalue weighted by molar-refractivity contribution is 5.69. The molecule has 3 rings (SSSR count). The van der Waals surface area contributed by atoms with Gasteiger partial charge in [-0.05, 0) is 12.1 Å². The molecule has 1 N–H and O–H groups in total. The maximum atomic E-state index is 9.43. The Hall–Kier alpha value is -2.63. The third-order valence-electron chi connectivity index (χ3n) is 2.61.